The monoisotopic (exact) mass is 270 g/mol. The molecule has 0 aromatic heterocycles. The van der Waals surface area contributed by atoms with Gasteiger partial charge in [-0.15, -0.1) is 0 Å². The second kappa shape index (κ2) is 6.00. The van der Waals surface area contributed by atoms with Crippen molar-refractivity contribution < 1.29 is 17.9 Å². The van der Waals surface area contributed by atoms with Gasteiger partial charge in [0.2, 0.25) is 0 Å². The van der Waals surface area contributed by atoms with E-state index in [0.29, 0.717) is 0 Å². The number of hydrogen-bond acceptors (Lipinski definition) is 4. The maximum atomic E-state index is 11.9. The molecule has 0 aliphatic heterocycles. The SMILES string of the molecule is COC(=O)C(C)CS(=O)(=O)Cc1cccc(C)c1. The zero-order chi connectivity index (χ0) is 13.8. The molecule has 4 nitrogen and oxygen atoms in total. The maximum Gasteiger partial charge on any atom is 0.309 e. The highest BCUT2D eigenvalue weighted by Crippen LogP contribution is 2.12. The van der Waals surface area contributed by atoms with Gasteiger partial charge < -0.3 is 4.74 Å². The van der Waals surface area contributed by atoms with Crippen molar-refractivity contribution in [3.63, 3.8) is 0 Å². The molecule has 0 saturated carbocycles. The van der Waals surface area contributed by atoms with Crippen LogP contribution in [-0.4, -0.2) is 27.2 Å². The summed E-state index contributed by atoms with van der Waals surface area (Å²) in [5, 5.41) is 0. The first-order valence-corrected chi connectivity index (χ1v) is 7.50. The van der Waals surface area contributed by atoms with E-state index in [2.05, 4.69) is 4.74 Å². The number of carbonyl (C=O) groups is 1. The Morgan fingerprint density at radius 1 is 1.39 bits per heavy atom. The largest absolute Gasteiger partial charge is 0.469 e. The first-order valence-electron chi connectivity index (χ1n) is 5.68. The van der Waals surface area contributed by atoms with E-state index >= 15 is 0 Å². The minimum atomic E-state index is -3.31. The number of esters is 1. The quantitative estimate of drug-likeness (QED) is 0.764. The summed E-state index contributed by atoms with van der Waals surface area (Å²) in [6.07, 6.45) is 0. The van der Waals surface area contributed by atoms with Crippen molar-refractivity contribution in [3.05, 3.63) is 35.4 Å². The third kappa shape index (κ3) is 4.49. The van der Waals surface area contributed by atoms with Crippen LogP contribution < -0.4 is 0 Å². The minimum Gasteiger partial charge on any atom is -0.469 e. The Hall–Kier alpha value is -1.36. The van der Waals surface area contributed by atoms with E-state index in [1.807, 2.05) is 25.1 Å². The second-order valence-electron chi connectivity index (χ2n) is 4.47. The van der Waals surface area contributed by atoms with E-state index in [4.69, 9.17) is 0 Å². The summed E-state index contributed by atoms with van der Waals surface area (Å²) in [5.41, 5.74) is 1.76. The van der Waals surface area contributed by atoms with Gasteiger partial charge in [-0.2, -0.15) is 0 Å². The molecule has 18 heavy (non-hydrogen) atoms. The van der Waals surface area contributed by atoms with E-state index in [-0.39, 0.29) is 11.5 Å². The number of ether oxygens (including phenoxy) is 1. The summed E-state index contributed by atoms with van der Waals surface area (Å²) in [4.78, 5) is 11.2. The van der Waals surface area contributed by atoms with Crippen molar-refractivity contribution >= 4 is 15.8 Å². The van der Waals surface area contributed by atoms with Gasteiger partial charge in [0.1, 0.15) is 0 Å². The van der Waals surface area contributed by atoms with Gasteiger partial charge in [-0.3, -0.25) is 4.79 Å². The number of sulfone groups is 1. The van der Waals surface area contributed by atoms with Crippen LogP contribution in [0.1, 0.15) is 18.1 Å². The van der Waals surface area contributed by atoms with Gasteiger partial charge in [0.25, 0.3) is 0 Å². The average molecular weight is 270 g/mol. The van der Waals surface area contributed by atoms with Gasteiger partial charge in [0.05, 0.1) is 24.5 Å². The standard InChI is InChI=1S/C13H18O4S/c1-10-5-4-6-12(7-10)9-18(15,16)8-11(2)13(14)17-3/h4-7,11H,8-9H2,1-3H3. The fourth-order valence-electron chi connectivity index (χ4n) is 1.76. The Bertz CT molecular complexity index is 520. The highest BCUT2D eigenvalue weighted by atomic mass is 32.2. The van der Waals surface area contributed by atoms with E-state index in [1.165, 1.54) is 7.11 Å². The van der Waals surface area contributed by atoms with Crippen molar-refractivity contribution in [2.45, 2.75) is 19.6 Å². The summed E-state index contributed by atoms with van der Waals surface area (Å²) in [7, 11) is -2.05. The molecule has 0 aliphatic carbocycles. The summed E-state index contributed by atoms with van der Waals surface area (Å²) in [5.74, 6) is -1.36. The maximum absolute atomic E-state index is 11.9. The highest BCUT2D eigenvalue weighted by Gasteiger charge is 2.22. The number of hydrogen-bond donors (Lipinski definition) is 0. The molecule has 1 unspecified atom stereocenters. The molecular weight excluding hydrogens is 252 g/mol. The van der Waals surface area contributed by atoms with Gasteiger partial charge in [0.15, 0.2) is 9.84 Å². The first-order chi connectivity index (χ1) is 8.34. The Labute approximate surface area is 108 Å². The van der Waals surface area contributed by atoms with Crippen LogP contribution in [-0.2, 0) is 25.1 Å². The van der Waals surface area contributed by atoms with Gasteiger partial charge >= 0.3 is 5.97 Å². The molecule has 0 N–H and O–H groups in total. The Kier molecular flexibility index (Phi) is 4.90. The van der Waals surface area contributed by atoms with Crippen molar-refractivity contribution in [1.29, 1.82) is 0 Å². The molecule has 1 rings (SSSR count). The van der Waals surface area contributed by atoms with Crippen LogP contribution in [0.2, 0.25) is 0 Å². The van der Waals surface area contributed by atoms with Crippen LogP contribution in [0.3, 0.4) is 0 Å². The van der Waals surface area contributed by atoms with Gasteiger partial charge in [-0.05, 0) is 12.5 Å². The smallest absolute Gasteiger partial charge is 0.309 e. The van der Waals surface area contributed by atoms with E-state index in [0.717, 1.165) is 11.1 Å². The van der Waals surface area contributed by atoms with Crippen LogP contribution in [0.25, 0.3) is 0 Å². The number of methoxy groups -OCH3 is 1. The molecule has 0 saturated heterocycles. The molecule has 100 valence electrons. The first kappa shape index (κ1) is 14.7. The highest BCUT2D eigenvalue weighted by molar-refractivity contribution is 7.90. The molecule has 1 aromatic rings. The second-order valence-corrected chi connectivity index (χ2v) is 6.58. The summed E-state index contributed by atoms with van der Waals surface area (Å²) >= 11 is 0. The molecule has 1 atom stereocenters. The van der Waals surface area contributed by atoms with Crippen LogP contribution in [0.4, 0.5) is 0 Å². The van der Waals surface area contributed by atoms with Crippen LogP contribution >= 0.6 is 0 Å². The number of carbonyl (C=O) groups excluding carboxylic acids is 1. The fourth-order valence-corrected chi connectivity index (χ4v) is 3.47. The van der Waals surface area contributed by atoms with Gasteiger partial charge in [-0.1, -0.05) is 36.8 Å². The molecule has 5 heteroatoms. The molecule has 0 aliphatic rings. The topological polar surface area (TPSA) is 60.4 Å². The Morgan fingerprint density at radius 3 is 2.61 bits per heavy atom. The third-order valence-corrected chi connectivity index (χ3v) is 4.36. The van der Waals surface area contributed by atoms with E-state index in [9.17, 15) is 13.2 Å². The predicted octanol–water partition coefficient (Wildman–Crippen LogP) is 1.72. The molecule has 0 amide bonds. The van der Waals surface area contributed by atoms with Crippen molar-refractivity contribution in [2.24, 2.45) is 5.92 Å². The summed E-state index contributed by atoms with van der Waals surface area (Å²) < 4.78 is 28.4. The van der Waals surface area contributed by atoms with Crippen LogP contribution in [0.15, 0.2) is 24.3 Å². The normalized spacial score (nSPS) is 13.1. The zero-order valence-corrected chi connectivity index (χ0v) is 11.7. The predicted molar refractivity (Wildman–Crippen MR) is 69.8 cm³/mol. The molecule has 0 spiro atoms. The molecule has 0 heterocycles. The lowest BCUT2D eigenvalue weighted by Gasteiger charge is -2.10. The molecular formula is C13H18O4S. The minimum absolute atomic E-state index is 0.0456. The Balaban J connectivity index is 2.74. The molecule has 0 bridgehead atoms. The van der Waals surface area contributed by atoms with Crippen molar-refractivity contribution in [2.75, 3.05) is 12.9 Å². The number of rotatable bonds is 5. The zero-order valence-electron chi connectivity index (χ0n) is 10.8. The summed E-state index contributed by atoms with van der Waals surface area (Å²) in [6, 6.07) is 7.34. The average Bonchev–Trinajstić information content (AvgIpc) is 2.26. The third-order valence-electron chi connectivity index (χ3n) is 2.58. The van der Waals surface area contributed by atoms with Crippen LogP contribution in [0.5, 0.6) is 0 Å². The lowest BCUT2D eigenvalue weighted by atomic mass is 10.2. The lowest BCUT2D eigenvalue weighted by molar-refractivity contribution is -0.144. The van der Waals surface area contributed by atoms with Gasteiger partial charge in [0, 0.05) is 0 Å². The molecule has 1 aromatic carbocycles. The number of aryl methyl sites for hydroxylation is 1. The lowest BCUT2D eigenvalue weighted by Crippen LogP contribution is -2.23. The van der Waals surface area contributed by atoms with Crippen molar-refractivity contribution in [3.8, 4) is 0 Å². The van der Waals surface area contributed by atoms with Crippen molar-refractivity contribution in [1.82, 2.24) is 0 Å². The van der Waals surface area contributed by atoms with Crippen LogP contribution in [0, 0.1) is 12.8 Å². The number of benzene rings is 1. The van der Waals surface area contributed by atoms with Gasteiger partial charge in [-0.25, -0.2) is 8.42 Å². The summed E-state index contributed by atoms with van der Waals surface area (Å²) in [6.45, 7) is 3.47. The fraction of sp³-hybridized carbons (Fsp3) is 0.462. The van der Waals surface area contributed by atoms with E-state index < -0.39 is 21.7 Å². The Morgan fingerprint density at radius 2 is 2.06 bits per heavy atom. The van der Waals surface area contributed by atoms with E-state index in [1.54, 1.807) is 13.0 Å². The molecule has 0 radical (unpaired) electrons. The molecule has 0 fully saturated rings.